The Morgan fingerprint density at radius 2 is 2.03 bits per heavy atom. The summed E-state index contributed by atoms with van der Waals surface area (Å²) in [5.74, 6) is -1.04. The number of aromatic carboxylic acids is 1. The molecule has 0 aromatic carbocycles. The van der Waals surface area contributed by atoms with E-state index in [4.69, 9.17) is 4.74 Å². The molecule has 1 aliphatic heterocycles. The predicted molar refractivity (Wildman–Crippen MR) is 106 cm³/mol. The van der Waals surface area contributed by atoms with Crippen LogP contribution in [0, 0.1) is 0 Å². The molecule has 1 saturated heterocycles. The summed E-state index contributed by atoms with van der Waals surface area (Å²) < 4.78 is 9.04. The van der Waals surface area contributed by atoms with Crippen molar-refractivity contribution < 1.29 is 14.6 Å². The van der Waals surface area contributed by atoms with Gasteiger partial charge in [0, 0.05) is 55.7 Å². The number of carbonyl (C=O) groups is 1. The van der Waals surface area contributed by atoms with E-state index in [0.717, 1.165) is 56.0 Å². The van der Waals surface area contributed by atoms with E-state index in [2.05, 4.69) is 24.5 Å². The SMILES string of the molecule is O=C(O)c1cnn2ccc(-c3cn(CCN4CCOCC4)c4ncccc34)nc12. The minimum atomic E-state index is -1.04. The van der Waals surface area contributed by atoms with Crippen LogP contribution in [0.15, 0.2) is 43.0 Å². The van der Waals surface area contributed by atoms with Crippen molar-refractivity contribution in [1.82, 2.24) is 29.0 Å². The van der Waals surface area contributed by atoms with E-state index in [-0.39, 0.29) is 5.56 Å². The summed E-state index contributed by atoms with van der Waals surface area (Å²) in [6.07, 6.45) is 6.89. The number of pyridine rings is 1. The molecule has 0 spiro atoms. The molecular formula is C20H20N6O3. The van der Waals surface area contributed by atoms with Gasteiger partial charge in [0.05, 0.1) is 25.1 Å². The molecule has 0 amide bonds. The van der Waals surface area contributed by atoms with E-state index >= 15 is 0 Å². The Hall–Kier alpha value is -3.30. The molecule has 9 heteroatoms. The topological polar surface area (TPSA) is 97.8 Å². The standard InChI is InChI=1S/C20H20N6O3/c27-20(28)15-12-22-26-5-3-17(23-19(15)26)16-13-25(18-14(16)2-1-4-21-18)7-6-24-8-10-29-11-9-24/h1-5,12-13H,6-11H2,(H,27,28). The molecule has 5 rings (SSSR count). The highest BCUT2D eigenvalue weighted by Crippen LogP contribution is 2.29. The highest BCUT2D eigenvalue weighted by Gasteiger charge is 2.17. The van der Waals surface area contributed by atoms with Crippen LogP contribution >= 0.6 is 0 Å². The van der Waals surface area contributed by atoms with Crippen LogP contribution < -0.4 is 0 Å². The zero-order valence-corrected chi connectivity index (χ0v) is 15.7. The summed E-state index contributed by atoms with van der Waals surface area (Å²) in [6, 6.07) is 5.77. The van der Waals surface area contributed by atoms with Gasteiger partial charge >= 0.3 is 5.97 Å². The summed E-state index contributed by atoms with van der Waals surface area (Å²) >= 11 is 0. The molecule has 1 fully saturated rings. The third kappa shape index (κ3) is 3.24. The van der Waals surface area contributed by atoms with E-state index in [1.807, 2.05) is 24.4 Å². The maximum atomic E-state index is 11.5. The number of aromatic nitrogens is 5. The van der Waals surface area contributed by atoms with Crippen LogP contribution in [0.2, 0.25) is 0 Å². The van der Waals surface area contributed by atoms with Crippen LogP contribution in [0.25, 0.3) is 27.9 Å². The van der Waals surface area contributed by atoms with Gasteiger partial charge in [-0.2, -0.15) is 5.10 Å². The number of carboxylic acids is 1. The summed E-state index contributed by atoms with van der Waals surface area (Å²) in [5, 5.41) is 14.4. The maximum absolute atomic E-state index is 11.5. The molecule has 0 atom stereocenters. The second kappa shape index (κ2) is 7.26. The molecule has 0 radical (unpaired) electrons. The molecule has 0 unspecified atom stereocenters. The highest BCUT2D eigenvalue weighted by atomic mass is 16.5. The molecule has 4 aromatic heterocycles. The number of nitrogens with zero attached hydrogens (tertiary/aromatic N) is 6. The molecule has 148 valence electrons. The van der Waals surface area contributed by atoms with Crippen molar-refractivity contribution in [3.63, 3.8) is 0 Å². The average molecular weight is 392 g/mol. The van der Waals surface area contributed by atoms with Crippen molar-refractivity contribution in [2.24, 2.45) is 0 Å². The van der Waals surface area contributed by atoms with Crippen molar-refractivity contribution in [3.8, 4) is 11.3 Å². The number of hydrogen-bond acceptors (Lipinski definition) is 6. The van der Waals surface area contributed by atoms with Gasteiger partial charge in [-0.15, -0.1) is 0 Å². The van der Waals surface area contributed by atoms with E-state index in [0.29, 0.717) is 11.3 Å². The van der Waals surface area contributed by atoms with Gasteiger partial charge < -0.3 is 14.4 Å². The predicted octanol–water partition coefficient (Wildman–Crippen LogP) is 1.78. The first-order valence-electron chi connectivity index (χ1n) is 9.53. The lowest BCUT2D eigenvalue weighted by Gasteiger charge is -2.26. The van der Waals surface area contributed by atoms with Crippen molar-refractivity contribution >= 4 is 22.6 Å². The first kappa shape index (κ1) is 17.8. The lowest BCUT2D eigenvalue weighted by molar-refractivity contribution is 0.0365. The van der Waals surface area contributed by atoms with Crippen LogP contribution in [0.4, 0.5) is 0 Å². The van der Waals surface area contributed by atoms with Gasteiger partial charge in [0.2, 0.25) is 0 Å². The van der Waals surface area contributed by atoms with Crippen LogP contribution in [0.3, 0.4) is 0 Å². The second-order valence-corrected chi connectivity index (χ2v) is 7.01. The number of morpholine rings is 1. The fraction of sp³-hybridized carbons (Fsp3) is 0.300. The van der Waals surface area contributed by atoms with Crippen LogP contribution in [-0.4, -0.2) is 73.0 Å². The number of carboxylic acid groups (broad SMARTS) is 1. The van der Waals surface area contributed by atoms with Crippen LogP contribution in [0.1, 0.15) is 10.4 Å². The van der Waals surface area contributed by atoms with Crippen molar-refractivity contribution in [2.45, 2.75) is 6.54 Å². The molecule has 29 heavy (non-hydrogen) atoms. The highest BCUT2D eigenvalue weighted by molar-refractivity contribution is 5.96. The molecule has 9 nitrogen and oxygen atoms in total. The van der Waals surface area contributed by atoms with E-state index in [1.165, 1.54) is 10.7 Å². The zero-order chi connectivity index (χ0) is 19.8. The zero-order valence-electron chi connectivity index (χ0n) is 15.7. The van der Waals surface area contributed by atoms with Gasteiger partial charge in [-0.1, -0.05) is 0 Å². The lowest BCUT2D eigenvalue weighted by atomic mass is 10.1. The molecule has 0 saturated carbocycles. The van der Waals surface area contributed by atoms with Crippen LogP contribution in [0.5, 0.6) is 0 Å². The first-order valence-corrected chi connectivity index (χ1v) is 9.53. The molecule has 0 aliphatic carbocycles. The minimum absolute atomic E-state index is 0.0843. The second-order valence-electron chi connectivity index (χ2n) is 7.01. The van der Waals surface area contributed by atoms with Gasteiger partial charge in [-0.3, -0.25) is 4.90 Å². The molecule has 5 heterocycles. The molecule has 1 aliphatic rings. The van der Waals surface area contributed by atoms with E-state index < -0.39 is 5.97 Å². The van der Waals surface area contributed by atoms with Gasteiger partial charge in [0.25, 0.3) is 0 Å². The smallest absolute Gasteiger partial charge is 0.341 e. The van der Waals surface area contributed by atoms with Gasteiger partial charge in [0.15, 0.2) is 5.65 Å². The third-order valence-corrected chi connectivity index (χ3v) is 5.27. The Morgan fingerprint density at radius 3 is 2.86 bits per heavy atom. The number of rotatable bonds is 5. The van der Waals surface area contributed by atoms with Crippen molar-refractivity contribution in [2.75, 3.05) is 32.8 Å². The van der Waals surface area contributed by atoms with Crippen molar-refractivity contribution in [3.05, 3.63) is 48.5 Å². The van der Waals surface area contributed by atoms with Gasteiger partial charge in [0.1, 0.15) is 11.2 Å². The normalized spacial score (nSPS) is 15.3. The largest absolute Gasteiger partial charge is 0.477 e. The van der Waals surface area contributed by atoms with Gasteiger partial charge in [-0.05, 0) is 18.2 Å². The molecule has 1 N–H and O–H groups in total. The summed E-state index contributed by atoms with van der Waals surface area (Å²) in [6.45, 7) is 5.16. The van der Waals surface area contributed by atoms with E-state index in [1.54, 1.807) is 12.4 Å². The third-order valence-electron chi connectivity index (χ3n) is 5.27. The van der Waals surface area contributed by atoms with Crippen molar-refractivity contribution in [1.29, 1.82) is 0 Å². The maximum Gasteiger partial charge on any atom is 0.341 e. The van der Waals surface area contributed by atoms with Gasteiger partial charge in [-0.25, -0.2) is 19.3 Å². The Bertz CT molecular complexity index is 1190. The lowest BCUT2D eigenvalue weighted by Crippen LogP contribution is -2.38. The average Bonchev–Trinajstić information content (AvgIpc) is 3.34. The summed E-state index contributed by atoms with van der Waals surface area (Å²) in [4.78, 5) is 23.0. The number of ether oxygens (including phenoxy) is 1. The van der Waals surface area contributed by atoms with E-state index in [9.17, 15) is 9.90 Å². The quantitative estimate of drug-likeness (QED) is 0.553. The molecular weight excluding hydrogens is 372 g/mol. The Labute approximate surface area is 166 Å². The number of hydrogen-bond donors (Lipinski definition) is 1. The van der Waals surface area contributed by atoms with Crippen LogP contribution in [-0.2, 0) is 11.3 Å². The number of fused-ring (bicyclic) bond motifs is 2. The first-order chi connectivity index (χ1) is 14.2. The minimum Gasteiger partial charge on any atom is -0.477 e. The Balaban J connectivity index is 1.54. The monoisotopic (exact) mass is 392 g/mol. The summed E-state index contributed by atoms with van der Waals surface area (Å²) in [5.41, 5.74) is 2.93. The molecule has 4 aromatic rings. The Kier molecular flexibility index (Phi) is 4.45. The summed E-state index contributed by atoms with van der Waals surface area (Å²) in [7, 11) is 0. The molecule has 0 bridgehead atoms. The fourth-order valence-corrected chi connectivity index (χ4v) is 3.74. The fourth-order valence-electron chi connectivity index (χ4n) is 3.74. The Morgan fingerprint density at radius 1 is 1.17 bits per heavy atom.